The van der Waals surface area contributed by atoms with Crippen LogP contribution in [0.5, 0.6) is 0 Å². The summed E-state index contributed by atoms with van der Waals surface area (Å²) in [6, 6.07) is 13.7. The second kappa shape index (κ2) is 8.19. The lowest BCUT2D eigenvalue weighted by Gasteiger charge is -2.23. The Balaban J connectivity index is 1.87. The second-order valence-electron chi connectivity index (χ2n) is 7.52. The van der Waals surface area contributed by atoms with Crippen LogP contribution in [0.25, 0.3) is 5.76 Å². The summed E-state index contributed by atoms with van der Waals surface area (Å²) in [6.07, 6.45) is 1.44. The minimum atomic E-state index is -0.962. The molecule has 1 atom stereocenters. The number of hydrogen-bond donors (Lipinski definition) is 1. The number of anilines is 1. The highest BCUT2D eigenvalue weighted by Crippen LogP contribution is 2.42. The number of benzene rings is 2. The van der Waals surface area contributed by atoms with Crippen molar-refractivity contribution in [2.75, 3.05) is 12.0 Å². The highest BCUT2D eigenvalue weighted by Gasteiger charge is 2.48. The van der Waals surface area contributed by atoms with Crippen molar-refractivity contribution in [1.29, 1.82) is 0 Å². The summed E-state index contributed by atoms with van der Waals surface area (Å²) in [5.41, 5.74) is 3.03. The van der Waals surface area contributed by atoms with Crippen molar-refractivity contribution in [2.45, 2.75) is 19.9 Å². The Hall–Kier alpha value is -4.13. The zero-order chi connectivity index (χ0) is 23.0. The maximum Gasteiger partial charge on any atom is 0.337 e. The van der Waals surface area contributed by atoms with E-state index in [1.807, 2.05) is 19.9 Å². The van der Waals surface area contributed by atoms with Gasteiger partial charge < -0.3 is 14.3 Å². The van der Waals surface area contributed by atoms with Gasteiger partial charge in [0.15, 0.2) is 0 Å². The molecule has 4 rings (SSSR count). The van der Waals surface area contributed by atoms with Crippen LogP contribution in [0.4, 0.5) is 5.69 Å². The number of furan rings is 1. The maximum atomic E-state index is 13.1. The van der Waals surface area contributed by atoms with Gasteiger partial charge in [-0.2, -0.15) is 0 Å². The molecule has 0 bridgehead atoms. The van der Waals surface area contributed by atoms with Gasteiger partial charge in [0.1, 0.15) is 17.6 Å². The van der Waals surface area contributed by atoms with E-state index in [9.17, 15) is 19.5 Å². The first-order valence-electron chi connectivity index (χ1n) is 9.94. The number of rotatable bonds is 4. The number of aliphatic hydroxyl groups is 1. The van der Waals surface area contributed by atoms with Crippen molar-refractivity contribution in [3.05, 3.63) is 94.4 Å². The van der Waals surface area contributed by atoms with Gasteiger partial charge in [0.2, 0.25) is 0 Å². The molecule has 0 aliphatic carbocycles. The van der Waals surface area contributed by atoms with Gasteiger partial charge in [0, 0.05) is 11.3 Å². The number of ketones is 1. The van der Waals surface area contributed by atoms with Crippen molar-refractivity contribution in [2.24, 2.45) is 0 Å². The predicted molar refractivity (Wildman–Crippen MR) is 117 cm³/mol. The summed E-state index contributed by atoms with van der Waals surface area (Å²) < 4.78 is 10.2. The number of aryl methyl sites for hydroxylation is 2. The summed E-state index contributed by atoms with van der Waals surface area (Å²) >= 11 is 0. The Morgan fingerprint density at radius 3 is 2.28 bits per heavy atom. The van der Waals surface area contributed by atoms with E-state index in [1.54, 1.807) is 36.4 Å². The number of carbonyl (C=O) groups is 3. The molecule has 0 spiro atoms. The van der Waals surface area contributed by atoms with Crippen LogP contribution in [0.3, 0.4) is 0 Å². The standard InChI is InChI=1S/C25H21NO6/c1-14-6-7-17(13-15(14)2)22(27)20-21(19-5-4-12-32-19)26(24(29)23(20)28)18-10-8-16(9-11-18)25(30)31-3/h4-13,21,27H,1-3H3/b22-20-. The molecule has 2 aromatic carbocycles. The molecule has 32 heavy (non-hydrogen) atoms. The number of Topliss-reactive ketones (excluding diaryl/α,β-unsaturated/α-hetero) is 1. The Bertz CT molecular complexity index is 1240. The van der Waals surface area contributed by atoms with Crippen molar-refractivity contribution in [3.63, 3.8) is 0 Å². The number of carbonyl (C=O) groups excluding carboxylic acids is 3. The first kappa shape index (κ1) is 21.1. The number of aliphatic hydroxyl groups excluding tert-OH is 1. The van der Waals surface area contributed by atoms with Crippen LogP contribution < -0.4 is 4.90 Å². The molecule has 0 radical (unpaired) electrons. The maximum absolute atomic E-state index is 13.1. The largest absolute Gasteiger partial charge is 0.507 e. The molecule has 162 valence electrons. The molecule has 7 nitrogen and oxygen atoms in total. The number of esters is 1. The van der Waals surface area contributed by atoms with Crippen LogP contribution >= 0.6 is 0 Å². The lowest BCUT2D eigenvalue weighted by molar-refractivity contribution is -0.132. The molecule has 1 aliphatic heterocycles. The van der Waals surface area contributed by atoms with Crippen LogP contribution in [0.1, 0.15) is 38.9 Å². The van der Waals surface area contributed by atoms with E-state index in [0.29, 0.717) is 22.6 Å². The molecule has 1 amide bonds. The number of methoxy groups -OCH3 is 1. The third-order valence-electron chi connectivity index (χ3n) is 5.60. The predicted octanol–water partition coefficient (Wildman–Crippen LogP) is 4.31. The first-order chi connectivity index (χ1) is 15.3. The van der Waals surface area contributed by atoms with E-state index in [4.69, 9.17) is 9.15 Å². The van der Waals surface area contributed by atoms with Gasteiger partial charge in [-0.1, -0.05) is 12.1 Å². The van der Waals surface area contributed by atoms with Crippen LogP contribution in [-0.2, 0) is 14.3 Å². The van der Waals surface area contributed by atoms with Crippen LogP contribution in [0.2, 0.25) is 0 Å². The summed E-state index contributed by atoms with van der Waals surface area (Å²) in [7, 11) is 1.28. The molecule has 0 saturated carbocycles. The minimum Gasteiger partial charge on any atom is -0.507 e. The second-order valence-corrected chi connectivity index (χ2v) is 7.52. The smallest absolute Gasteiger partial charge is 0.337 e. The van der Waals surface area contributed by atoms with Gasteiger partial charge in [0.25, 0.3) is 11.7 Å². The third-order valence-corrected chi connectivity index (χ3v) is 5.60. The Labute approximate surface area is 184 Å². The minimum absolute atomic E-state index is 0.0646. The molecule has 1 unspecified atom stereocenters. The average molecular weight is 431 g/mol. The van der Waals surface area contributed by atoms with E-state index in [-0.39, 0.29) is 11.3 Å². The summed E-state index contributed by atoms with van der Waals surface area (Å²) in [5.74, 6) is -2.09. The molecule has 1 N–H and O–H groups in total. The number of ether oxygens (including phenoxy) is 1. The molecule has 1 aliphatic rings. The van der Waals surface area contributed by atoms with Crippen LogP contribution in [0.15, 0.2) is 70.9 Å². The molecule has 1 saturated heterocycles. The molecule has 1 fully saturated rings. The number of nitrogens with zero attached hydrogens (tertiary/aromatic N) is 1. The first-order valence-corrected chi connectivity index (χ1v) is 9.94. The van der Waals surface area contributed by atoms with Crippen molar-refractivity contribution >= 4 is 29.1 Å². The molecule has 3 aromatic rings. The molecular weight excluding hydrogens is 410 g/mol. The SMILES string of the molecule is COC(=O)c1ccc(N2C(=O)C(=O)/C(=C(\O)c3ccc(C)c(C)c3)C2c2ccco2)cc1. The van der Waals surface area contributed by atoms with Crippen LogP contribution in [-0.4, -0.2) is 29.9 Å². The average Bonchev–Trinajstić information content (AvgIpc) is 3.42. The van der Waals surface area contributed by atoms with E-state index < -0.39 is 23.7 Å². The van der Waals surface area contributed by atoms with Crippen molar-refractivity contribution in [1.82, 2.24) is 0 Å². The summed E-state index contributed by atoms with van der Waals surface area (Å²) in [5, 5.41) is 11.1. The van der Waals surface area contributed by atoms with Gasteiger partial charge in [-0.05, 0) is 67.4 Å². The Morgan fingerprint density at radius 1 is 1.00 bits per heavy atom. The highest BCUT2D eigenvalue weighted by atomic mass is 16.5. The molecule has 2 heterocycles. The van der Waals surface area contributed by atoms with E-state index in [1.165, 1.54) is 30.4 Å². The number of amides is 1. The lowest BCUT2D eigenvalue weighted by Crippen LogP contribution is -2.29. The zero-order valence-corrected chi connectivity index (χ0v) is 17.8. The molecule has 7 heteroatoms. The number of hydrogen-bond acceptors (Lipinski definition) is 6. The molecule has 1 aromatic heterocycles. The Morgan fingerprint density at radius 2 is 1.69 bits per heavy atom. The Kier molecular flexibility index (Phi) is 5.40. The van der Waals surface area contributed by atoms with Gasteiger partial charge in [-0.15, -0.1) is 0 Å². The lowest BCUT2D eigenvalue weighted by atomic mass is 9.97. The fraction of sp³-hybridized carbons (Fsp3) is 0.160. The normalized spacial score (nSPS) is 17.6. The van der Waals surface area contributed by atoms with Crippen molar-refractivity contribution < 1.29 is 28.6 Å². The van der Waals surface area contributed by atoms with E-state index in [2.05, 4.69) is 0 Å². The monoisotopic (exact) mass is 431 g/mol. The van der Waals surface area contributed by atoms with E-state index >= 15 is 0 Å². The third kappa shape index (κ3) is 3.47. The fourth-order valence-electron chi connectivity index (χ4n) is 3.74. The van der Waals surface area contributed by atoms with Crippen molar-refractivity contribution in [3.8, 4) is 0 Å². The summed E-state index contributed by atoms with van der Waals surface area (Å²) in [4.78, 5) is 39.1. The van der Waals surface area contributed by atoms with Crippen LogP contribution in [0, 0.1) is 13.8 Å². The quantitative estimate of drug-likeness (QED) is 0.286. The summed E-state index contributed by atoms with van der Waals surface area (Å²) in [6.45, 7) is 3.84. The van der Waals surface area contributed by atoms with Gasteiger partial charge in [0.05, 0.1) is 24.5 Å². The fourth-order valence-corrected chi connectivity index (χ4v) is 3.74. The van der Waals surface area contributed by atoms with Gasteiger partial charge >= 0.3 is 5.97 Å². The zero-order valence-electron chi connectivity index (χ0n) is 17.8. The van der Waals surface area contributed by atoms with Gasteiger partial charge in [-0.3, -0.25) is 14.5 Å². The molecular formula is C25H21NO6. The topological polar surface area (TPSA) is 97.0 Å². The van der Waals surface area contributed by atoms with Gasteiger partial charge in [-0.25, -0.2) is 4.79 Å². The highest BCUT2D eigenvalue weighted by molar-refractivity contribution is 6.51. The van der Waals surface area contributed by atoms with E-state index in [0.717, 1.165) is 11.1 Å².